The van der Waals surface area contributed by atoms with Crippen LogP contribution in [0.25, 0.3) is 0 Å². The number of aromatic nitrogens is 2. The van der Waals surface area contributed by atoms with Crippen molar-refractivity contribution >= 4 is 11.3 Å². The Bertz CT molecular complexity index is 458. The molecule has 0 aliphatic carbocycles. The van der Waals surface area contributed by atoms with Crippen molar-refractivity contribution in [3.8, 4) is 0 Å². The fourth-order valence-corrected chi connectivity index (χ4v) is 2.69. The quantitative estimate of drug-likeness (QED) is 0.883. The molecule has 0 amide bonds. The van der Waals surface area contributed by atoms with Gasteiger partial charge in [0.2, 0.25) is 0 Å². The zero-order chi connectivity index (χ0) is 11.5. The molecular formula is C12H17N3S. The summed E-state index contributed by atoms with van der Waals surface area (Å²) in [6.07, 6.45) is 3.91. The largest absolute Gasteiger partial charge is 0.322 e. The first-order valence-corrected chi connectivity index (χ1v) is 6.33. The first-order chi connectivity index (χ1) is 7.69. The van der Waals surface area contributed by atoms with Crippen molar-refractivity contribution in [1.82, 2.24) is 9.78 Å². The Morgan fingerprint density at radius 1 is 1.38 bits per heavy atom. The molecule has 4 heteroatoms. The summed E-state index contributed by atoms with van der Waals surface area (Å²) in [5.74, 6) is 0. The minimum Gasteiger partial charge on any atom is -0.322 e. The lowest BCUT2D eigenvalue weighted by Gasteiger charge is -2.06. The molecule has 2 rings (SSSR count). The summed E-state index contributed by atoms with van der Waals surface area (Å²) < 4.78 is 1.79. The molecule has 0 saturated carbocycles. The second-order valence-electron chi connectivity index (χ2n) is 3.95. The average molecular weight is 235 g/mol. The van der Waals surface area contributed by atoms with Gasteiger partial charge in [-0.05, 0) is 24.6 Å². The van der Waals surface area contributed by atoms with E-state index in [1.165, 1.54) is 9.75 Å². The van der Waals surface area contributed by atoms with Crippen LogP contribution in [0.3, 0.4) is 0 Å². The maximum atomic E-state index is 6.12. The Kier molecular flexibility index (Phi) is 3.41. The summed E-state index contributed by atoms with van der Waals surface area (Å²) in [4.78, 5) is 2.76. The van der Waals surface area contributed by atoms with Gasteiger partial charge in [0, 0.05) is 29.4 Å². The van der Waals surface area contributed by atoms with E-state index in [0.29, 0.717) is 0 Å². The third kappa shape index (κ3) is 2.51. The third-order valence-electron chi connectivity index (χ3n) is 2.60. The summed E-state index contributed by atoms with van der Waals surface area (Å²) in [7, 11) is 1.91. The Balaban J connectivity index is 2.04. The lowest BCUT2D eigenvalue weighted by atomic mass is 10.1. The number of hydrogen-bond donors (Lipinski definition) is 1. The highest BCUT2D eigenvalue weighted by Gasteiger charge is 2.11. The second-order valence-corrected chi connectivity index (χ2v) is 5.20. The van der Waals surface area contributed by atoms with Gasteiger partial charge in [-0.3, -0.25) is 4.68 Å². The van der Waals surface area contributed by atoms with Crippen LogP contribution in [0.15, 0.2) is 24.4 Å². The normalized spacial score (nSPS) is 12.9. The summed E-state index contributed by atoms with van der Waals surface area (Å²) in [5, 5.41) is 4.33. The zero-order valence-electron chi connectivity index (χ0n) is 9.68. The molecule has 0 spiro atoms. The van der Waals surface area contributed by atoms with Crippen LogP contribution < -0.4 is 5.73 Å². The molecule has 1 unspecified atom stereocenters. The molecule has 2 N–H and O–H groups in total. The summed E-state index contributed by atoms with van der Waals surface area (Å²) >= 11 is 1.85. The fraction of sp³-hybridized carbons (Fsp3) is 0.417. The van der Waals surface area contributed by atoms with Gasteiger partial charge in [0.05, 0.1) is 11.7 Å². The number of thiophene rings is 1. The van der Waals surface area contributed by atoms with Gasteiger partial charge in [-0.25, -0.2) is 0 Å². The fourth-order valence-electron chi connectivity index (χ4n) is 1.67. The SMILES string of the molecule is CCc1ccc(CC(N)c2ccn(C)n2)s1. The highest BCUT2D eigenvalue weighted by Crippen LogP contribution is 2.22. The topological polar surface area (TPSA) is 43.8 Å². The van der Waals surface area contributed by atoms with E-state index in [4.69, 9.17) is 5.73 Å². The van der Waals surface area contributed by atoms with Gasteiger partial charge in [0.1, 0.15) is 0 Å². The molecule has 0 aliphatic rings. The van der Waals surface area contributed by atoms with E-state index in [9.17, 15) is 0 Å². The Labute approximate surface area is 99.9 Å². The molecule has 2 aromatic heterocycles. The van der Waals surface area contributed by atoms with Crippen molar-refractivity contribution in [2.75, 3.05) is 0 Å². The van der Waals surface area contributed by atoms with Crippen LogP contribution in [-0.2, 0) is 19.9 Å². The average Bonchev–Trinajstić information content (AvgIpc) is 2.87. The van der Waals surface area contributed by atoms with Gasteiger partial charge in [-0.2, -0.15) is 5.10 Å². The summed E-state index contributed by atoms with van der Waals surface area (Å²) in [6, 6.07) is 6.35. The Morgan fingerprint density at radius 2 is 2.12 bits per heavy atom. The molecule has 0 radical (unpaired) electrons. The Morgan fingerprint density at radius 3 is 2.69 bits per heavy atom. The predicted octanol–water partition coefficient (Wildman–Crippen LogP) is 2.29. The van der Waals surface area contributed by atoms with Gasteiger partial charge < -0.3 is 5.73 Å². The van der Waals surface area contributed by atoms with E-state index in [-0.39, 0.29) is 6.04 Å². The van der Waals surface area contributed by atoms with Crippen molar-refractivity contribution in [1.29, 1.82) is 0 Å². The molecule has 2 heterocycles. The predicted molar refractivity (Wildman–Crippen MR) is 67.5 cm³/mol. The molecule has 0 aromatic carbocycles. The highest BCUT2D eigenvalue weighted by atomic mass is 32.1. The molecular weight excluding hydrogens is 218 g/mol. The molecule has 0 bridgehead atoms. The van der Waals surface area contributed by atoms with Crippen LogP contribution in [0.1, 0.15) is 28.4 Å². The Hall–Kier alpha value is -1.13. The van der Waals surface area contributed by atoms with E-state index >= 15 is 0 Å². The van der Waals surface area contributed by atoms with Crippen LogP contribution in [0, 0.1) is 0 Å². The van der Waals surface area contributed by atoms with E-state index in [1.54, 1.807) is 4.68 Å². The summed E-state index contributed by atoms with van der Waals surface area (Å²) in [6.45, 7) is 2.17. The number of nitrogens with two attached hydrogens (primary N) is 1. The van der Waals surface area contributed by atoms with Gasteiger partial charge in [-0.1, -0.05) is 6.92 Å². The first-order valence-electron chi connectivity index (χ1n) is 5.51. The van der Waals surface area contributed by atoms with E-state index in [1.807, 2.05) is 30.6 Å². The minimum absolute atomic E-state index is 0.00422. The van der Waals surface area contributed by atoms with E-state index in [2.05, 4.69) is 24.2 Å². The van der Waals surface area contributed by atoms with Crippen LogP contribution in [0.4, 0.5) is 0 Å². The molecule has 3 nitrogen and oxygen atoms in total. The van der Waals surface area contributed by atoms with Crippen molar-refractivity contribution in [3.63, 3.8) is 0 Å². The standard InChI is InChI=1S/C12H17N3S/c1-3-9-4-5-10(16-9)8-11(13)12-6-7-15(2)14-12/h4-7,11H,3,8,13H2,1-2H3. The van der Waals surface area contributed by atoms with Crippen LogP contribution in [0.2, 0.25) is 0 Å². The van der Waals surface area contributed by atoms with Gasteiger partial charge >= 0.3 is 0 Å². The van der Waals surface area contributed by atoms with Crippen molar-refractivity contribution in [3.05, 3.63) is 39.8 Å². The van der Waals surface area contributed by atoms with Crippen molar-refractivity contribution in [2.24, 2.45) is 12.8 Å². The molecule has 16 heavy (non-hydrogen) atoms. The highest BCUT2D eigenvalue weighted by molar-refractivity contribution is 7.11. The molecule has 1 atom stereocenters. The van der Waals surface area contributed by atoms with Crippen molar-refractivity contribution < 1.29 is 0 Å². The van der Waals surface area contributed by atoms with Crippen LogP contribution in [-0.4, -0.2) is 9.78 Å². The van der Waals surface area contributed by atoms with Crippen LogP contribution >= 0.6 is 11.3 Å². The lowest BCUT2D eigenvalue weighted by Crippen LogP contribution is -2.13. The zero-order valence-corrected chi connectivity index (χ0v) is 10.5. The van der Waals surface area contributed by atoms with Crippen molar-refractivity contribution in [2.45, 2.75) is 25.8 Å². The number of nitrogens with zero attached hydrogens (tertiary/aromatic N) is 2. The number of hydrogen-bond acceptors (Lipinski definition) is 3. The van der Waals surface area contributed by atoms with Gasteiger partial charge in [0.15, 0.2) is 0 Å². The smallest absolute Gasteiger partial charge is 0.0795 e. The molecule has 0 aliphatic heterocycles. The number of aryl methyl sites for hydroxylation is 2. The van der Waals surface area contributed by atoms with Gasteiger partial charge in [-0.15, -0.1) is 11.3 Å². The molecule has 2 aromatic rings. The maximum Gasteiger partial charge on any atom is 0.0795 e. The molecule has 0 saturated heterocycles. The first kappa shape index (κ1) is 11.4. The maximum absolute atomic E-state index is 6.12. The van der Waals surface area contributed by atoms with E-state index < -0.39 is 0 Å². The third-order valence-corrected chi connectivity index (χ3v) is 3.85. The van der Waals surface area contributed by atoms with Gasteiger partial charge in [0.25, 0.3) is 0 Å². The lowest BCUT2D eigenvalue weighted by molar-refractivity contribution is 0.661. The van der Waals surface area contributed by atoms with E-state index in [0.717, 1.165) is 18.5 Å². The van der Waals surface area contributed by atoms with Crippen LogP contribution in [0.5, 0.6) is 0 Å². The second kappa shape index (κ2) is 4.80. The molecule has 86 valence electrons. The minimum atomic E-state index is 0.00422. The number of rotatable bonds is 4. The summed E-state index contributed by atoms with van der Waals surface area (Å²) in [5.41, 5.74) is 7.09. The molecule has 0 fully saturated rings. The monoisotopic (exact) mass is 235 g/mol.